The maximum atomic E-state index is 12.1. The van der Waals surface area contributed by atoms with Crippen molar-refractivity contribution in [3.05, 3.63) is 5.69 Å². The van der Waals surface area contributed by atoms with Gasteiger partial charge in [0.1, 0.15) is 12.1 Å². The van der Waals surface area contributed by atoms with E-state index >= 15 is 0 Å². The Balaban J connectivity index is 2.39. The van der Waals surface area contributed by atoms with Gasteiger partial charge in [0.05, 0.1) is 5.69 Å². The molecule has 0 aliphatic rings. The van der Waals surface area contributed by atoms with Crippen molar-refractivity contribution in [1.82, 2.24) is 24.6 Å². The van der Waals surface area contributed by atoms with Crippen LogP contribution in [0.2, 0.25) is 0 Å². The zero-order chi connectivity index (χ0) is 15.1. The lowest BCUT2D eigenvalue weighted by molar-refractivity contribution is -0.123. The largest absolute Gasteiger partial charge is 0.369 e. The monoisotopic (exact) mass is 278 g/mol. The molecule has 2 heterocycles. The zero-order valence-electron chi connectivity index (χ0n) is 12.7. The normalized spacial score (nSPS) is 12.1. The summed E-state index contributed by atoms with van der Waals surface area (Å²) in [7, 11) is 0. The summed E-state index contributed by atoms with van der Waals surface area (Å²) >= 11 is 0. The minimum absolute atomic E-state index is 0.0926. The van der Waals surface area contributed by atoms with Gasteiger partial charge in [-0.3, -0.25) is 9.36 Å². The number of imidazole rings is 1. The van der Waals surface area contributed by atoms with Crippen molar-refractivity contribution >= 4 is 23.0 Å². The summed E-state index contributed by atoms with van der Waals surface area (Å²) in [6.45, 7) is 10.6. The first-order chi connectivity index (χ1) is 9.23. The Morgan fingerprint density at radius 2 is 2.05 bits per heavy atom. The first-order valence-corrected chi connectivity index (χ1v) is 6.73. The second-order valence-corrected chi connectivity index (χ2v) is 5.93. The molecule has 0 saturated heterocycles. The van der Waals surface area contributed by atoms with Crippen molar-refractivity contribution in [1.29, 1.82) is 0 Å². The highest BCUT2D eigenvalue weighted by Crippen LogP contribution is 2.21. The average molecular weight is 278 g/mol. The Labute approximate surface area is 118 Å². The van der Waals surface area contributed by atoms with Crippen LogP contribution in [0.15, 0.2) is 0 Å². The number of fused-ring (bicyclic) bond motifs is 1. The second-order valence-electron chi connectivity index (χ2n) is 5.93. The van der Waals surface area contributed by atoms with Gasteiger partial charge in [-0.05, 0) is 34.6 Å². The Kier molecular flexibility index (Phi) is 3.45. The number of amides is 1. The van der Waals surface area contributed by atoms with Crippen LogP contribution in [-0.4, -0.2) is 30.8 Å². The molecular weight excluding hydrogens is 256 g/mol. The predicted octanol–water partition coefficient (Wildman–Crippen LogP) is 1.06. The smallest absolute Gasteiger partial charge is 0.240 e. The third-order valence-corrected chi connectivity index (χ3v) is 2.94. The standard InChI is InChI=1S/C13H22N6O/c1-6-19-11-10(8(2)17-19)15-12(14)18(11)7-9(20)16-13(3,4)5/h6-7H2,1-5H3,(H2,14,15)(H,16,20). The van der Waals surface area contributed by atoms with E-state index in [-0.39, 0.29) is 18.0 Å². The fourth-order valence-electron chi connectivity index (χ4n) is 2.22. The van der Waals surface area contributed by atoms with Crippen molar-refractivity contribution in [2.75, 3.05) is 5.73 Å². The minimum Gasteiger partial charge on any atom is -0.369 e. The quantitative estimate of drug-likeness (QED) is 0.878. The molecule has 0 aliphatic carbocycles. The van der Waals surface area contributed by atoms with Gasteiger partial charge in [-0.1, -0.05) is 0 Å². The van der Waals surface area contributed by atoms with Crippen LogP contribution in [0.1, 0.15) is 33.4 Å². The summed E-state index contributed by atoms with van der Waals surface area (Å²) in [4.78, 5) is 16.4. The number of rotatable bonds is 3. The number of anilines is 1. The molecule has 0 spiro atoms. The Morgan fingerprint density at radius 3 is 2.60 bits per heavy atom. The average Bonchev–Trinajstić information content (AvgIpc) is 2.76. The van der Waals surface area contributed by atoms with Gasteiger partial charge in [0.15, 0.2) is 5.65 Å². The number of hydrogen-bond acceptors (Lipinski definition) is 4. The van der Waals surface area contributed by atoms with Gasteiger partial charge in [0, 0.05) is 12.1 Å². The lowest BCUT2D eigenvalue weighted by Gasteiger charge is -2.20. The van der Waals surface area contributed by atoms with Crippen LogP contribution >= 0.6 is 0 Å². The highest BCUT2D eigenvalue weighted by atomic mass is 16.2. The number of nitrogens with two attached hydrogens (primary N) is 1. The molecule has 2 aromatic heterocycles. The molecule has 2 aromatic rings. The summed E-state index contributed by atoms with van der Waals surface area (Å²) in [5.74, 6) is 0.247. The fraction of sp³-hybridized carbons (Fsp3) is 0.615. The summed E-state index contributed by atoms with van der Waals surface area (Å²) in [6.07, 6.45) is 0. The van der Waals surface area contributed by atoms with Crippen LogP contribution in [0.4, 0.5) is 5.95 Å². The van der Waals surface area contributed by atoms with E-state index in [0.29, 0.717) is 12.5 Å². The first kappa shape index (κ1) is 14.4. The highest BCUT2D eigenvalue weighted by molar-refractivity contribution is 5.82. The lowest BCUT2D eigenvalue weighted by Crippen LogP contribution is -2.42. The molecule has 0 aliphatic heterocycles. The summed E-state index contributed by atoms with van der Waals surface area (Å²) in [6, 6.07) is 0. The molecule has 7 heteroatoms. The van der Waals surface area contributed by atoms with E-state index in [9.17, 15) is 4.79 Å². The Bertz CT molecular complexity index is 646. The molecule has 20 heavy (non-hydrogen) atoms. The maximum absolute atomic E-state index is 12.1. The van der Waals surface area contributed by atoms with Gasteiger partial charge in [0.2, 0.25) is 11.9 Å². The van der Waals surface area contributed by atoms with E-state index in [1.54, 1.807) is 4.57 Å². The molecule has 0 aromatic carbocycles. The molecule has 2 rings (SSSR count). The van der Waals surface area contributed by atoms with E-state index in [4.69, 9.17) is 5.73 Å². The third kappa shape index (κ3) is 2.61. The van der Waals surface area contributed by atoms with Gasteiger partial charge in [-0.15, -0.1) is 0 Å². The molecule has 3 N–H and O–H groups in total. The van der Waals surface area contributed by atoms with Crippen molar-refractivity contribution in [3.8, 4) is 0 Å². The molecule has 110 valence electrons. The Morgan fingerprint density at radius 1 is 1.40 bits per heavy atom. The van der Waals surface area contributed by atoms with E-state index in [0.717, 1.165) is 16.9 Å². The third-order valence-electron chi connectivity index (χ3n) is 2.94. The van der Waals surface area contributed by atoms with Crippen molar-refractivity contribution in [2.24, 2.45) is 0 Å². The second kappa shape index (κ2) is 4.81. The van der Waals surface area contributed by atoms with Crippen LogP contribution in [0, 0.1) is 6.92 Å². The van der Waals surface area contributed by atoms with E-state index < -0.39 is 0 Å². The van der Waals surface area contributed by atoms with Gasteiger partial charge in [0.25, 0.3) is 0 Å². The van der Waals surface area contributed by atoms with Crippen molar-refractivity contribution in [2.45, 2.75) is 53.2 Å². The number of carbonyl (C=O) groups excluding carboxylic acids is 1. The SMILES string of the molecule is CCn1nc(C)c2nc(N)n(CC(=O)NC(C)(C)C)c21. The van der Waals surface area contributed by atoms with Gasteiger partial charge in [-0.25, -0.2) is 9.67 Å². The van der Waals surface area contributed by atoms with Gasteiger partial charge >= 0.3 is 0 Å². The lowest BCUT2D eigenvalue weighted by atomic mass is 10.1. The molecule has 7 nitrogen and oxygen atoms in total. The number of nitrogens with one attached hydrogen (secondary N) is 1. The summed E-state index contributed by atoms with van der Waals surface area (Å²) in [5.41, 5.74) is 8.04. The molecule has 0 unspecified atom stereocenters. The maximum Gasteiger partial charge on any atom is 0.240 e. The van der Waals surface area contributed by atoms with Crippen LogP contribution in [-0.2, 0) is 17.9 Å². The summed E-state index contributed by atoms with van der Waals surface area (Å²) in [5, 5.41) is 7.32. The molecular formula is C13H22N6O. The number of nitrogen functional groups attached to an aromatic ring is 1. The number of aromatic nitrogens is 4. The minimum atomic E-state index is -0.271. The first-order valence-electron chi connectivity index (χ1n) is 6.73. The van der Waals surface area contributed by atoms with E-state index in [1.807, 2.05) is 39.3 Å². The van der Waals surface area contributed by atoms with Crippen molar-refractivity contribution < 1.29 is 4.79 Å². The van der Waals surface area contributed by atoms with Crippen molar-refractivity contribution in [3.63, 3.8) is 0 Å². The van der Waals surface area contributed by atoms with Crippen LogP contribution in [0.25, 0.3) is 11.2 Å². The van der Waals surface area contributed by atoms with Gasteiger partial charge in [-0.2, -0.15) is 5.10 Å². The van der Waals surface area contributed by atoms with Crippen LogP contribution in [0.3, 0.4) is 0 Å². The molecule has 0 fully saturated rings. The van der Waals surface area contributed by atoms with E-state index in [2.05, 4.69) is 15.4 Å². The fourth-order valence-corrected chi connectivity index (χ4v) is 2.22. The highest BCUT2D eigenvalue weighted by Gasteiger charge is 2.20. The number of nitrogens with zero attached hydrogens (tertiary/aromatic N) is 4. The molecule has 0 atom stereocenters. The number of hydrogen-bond donors (Lipinski definition) is 2. The number of aryl methyl sites for hydroxylation is 2. The zero-order valence-corrected chi connectivity index (χ0v) is 12.7. The number of carbonyl (C=O) groups is 1. The molecule has 0 saturated carbocycles. The predicted molar refractivity (Wildman–Crippen MR) is 78.2 cm³/mol. The molecule has 0 bridgehead atoms. The molecule has 1 amide bonds. The Hall–Kier alpha value is -2.05. The topological polar surface area (TPSA) is 90.8 Å². The molecule has 0 radical (unpaired) electrons. The van der Waals surface area contributed by atoms with Crippen LogP contribution < -0.4 is 11.1 Å². The summed E-state index contributed by atoms with van der Waals surface area (Å²) < 4.78 is 3.53. The van der Waals surface area contributed by atoms with E-state index in [1.165, 1.54) is 0 Å². The van der Waals surface area contributed by atoms with Gasteiger partial charge < -0.3 is 11.1 Å². The van der Waals surface area contributed by atoms with Crippen LogP contribution in [0.5, 0.6) is 0 Å².